The van der Waals surface area contributed by atoms with E-state index in [-0.39, 0.29) is 6.61 Å². The number of nitrogens with zero attached hydrogens (tertiary/aromatic N) is 2. The van der Waals surface area contributed by atoms with Crippen LogP contribution in [0.15, 0.2) is 21.8 Å². The Morgan fingerprint density at radius 3 is 2.47 bits per heavy atom. The number of hydrogen-bond acceptors (Lipinski definition) is 5. The third kappa shape index (κ3) is 3.36. The molecule has 1 heterocycles. The van der Waals surface area contributed by atoms with E-state index < -0.39 is 0 Å². The molecule has 1 aromatic heterocycles. The monoisotopic (exact) mass is 278 g/mol. The highest BCUT2D eigenvalue weighted by molar-refractivity contribution is 7.99. The van der Waals surface area contributed by atoms with E-state index in [2.05, 4.69) is 43.1 Å². The maximum Gasteiger partial charge on any atom is 0.276 e. The number of rotatable bonds is 5. The smallest absolute Gasteiger partial charge is 0.276 e. The van der Waals surface area contributed by atoms with Gasteiger partial charge in [0, 0.05) is 17.9 Å². The maximum absolute atomic E-state index is 8.75. The molecule has 0 aliphatic heterocycles. The predicted octanol–water partition coefficient (Wildman–Crippen LogP) is 3.14. The first-order valence-corrected chi connectivity index (χ1v) is 7.25. The zero-order chi connectivity index (χ0) is 13.8. The predicted molar refractivity (Wildman–Crippen MR) is 76.4 cm³/mol. The molecule has 0 saturated carbocycles. The second kappa shape index (κ2) is 6.21. The largest absolute Gasteiger partial charge is 0.411 e. The van der Waals surface area contributed by atoms with Crippen LogP contribution in [0.2, 0.25) is 0 Å². The number of hydrogen-bond donors (Lipinski definition) is 1. The van der Waals surface area contributed by atoms with E-state index in [1.165, 1.54) is 17.3 Å². The lowest BCUT2D eigenvalue weighted by molar-refractivity contribution is 0.296. The van der Waals surface area contributed by atoms with E-state index >= 15 is 0 Å². The molecule has 1 N–H and O–H groups in total. The van der Waals surface area contributed by atoms with Crippen molar-refractivity contribution in [3.63, 3.8) is 0 Å². The van der Waals surface area contributed by atoms with Gasteiger partial charge in [-0.25, -0.2) is 0 Å². The number of aliphatic hydroxyl groups excluding tert-OH is 1. The van der Waals surface area contributed by atoms with Crippen molar-refractivity contribution >= 4 is 11.8 Å². The number of aryl methyl sites for hydroxylation is 3. The van der Waals surface area contributed by atoms with Crippen LogP contribution in [0, 0.1) is 20.8 Å². The van der Waals surface area contributed by atoms with Gasteiger partial charge in [0.1, 0.15) is 0 Å². The van der Waals surface area contributed by atoms with Gasteiger partial charge in [0.05, 0.1) is 0 Å². The van der Waals surface area contributed by atoms with Crippen molar-refractivity contribution in [1.82, 2.24) is 10.2 Å². The van der Waals surface area contributed by atoms with Gasteiger partial charge in [-0.05, 0) is 38.3 Å². The molecule has 102 valence electrons. The van der Waals surface area contributed by atoms with Crippen LogP contribution in [0.4, 0.5) is 0 Å². The molecule has 0 amide bonds. The van der Waals surface area contributed by atoms with Crippen molar-refractivity contribution in [2.24, 2.45) is 0 Å². The number of thioether (sulfide) groups is 1. The van der Waals surface area contributed by atoms with Crippen LogP contribution >= 0.6 is 11.8 Å². The van der Waals surface area contributed by atoms with Gasteiger partial charge in [0.15, 0.2) is 0 Å². The zero-order valence-corrected chi connectivity index (χ0v) is 12.3. The molecule has 19 heavy (non-hydrogen) atoms. The molecule has 0 radical (unpaired) electrons. The van der Waals surface area contributed by atoms with Gasteiger partial charge in [0.25, 0.3) is 5.22 Å². The Morgan fingerprint density at radius 1 is 1.16 bits per heavy atom. The molecule has 0 unspecified atom stereocenters. The highest BCUT2D eigenvalue weighted by atomic mass is 32.2. The van der Waals surface area contributed by atoms with Crippen LogP contribution in [-0.2, 0) is 0 Å². The summed E-state index contributed by atoms with van der Waals surface area (Å²) in [6.45, 7) is 6.37. The van der Waals surface area contributed by atoms with Crippen molar-refractivity contribution in [3.05, 3.63) is 28.8 Å². The summed E-state index contributed by atoms with van der Waals surface area (Å²) in [5, 5.41) is 17.5. The molecule has 0 atom stereocenters. The lowest BCUT2D eigenvalue weighted by Crippen LogP contribution is -1.90. The van der Waals surface area contributed by atoms with Gasteiger partial charge in [-0.3, -0.25) is 0 Å². The van der Waals surface area contributed by atoms with Crippen molar-refractivity contribution < 1.29 is 9.52 Å². The van der Waals surface area contributed by atoms with E-state index in [0.717, 1.165) is 28.9 Å². The summed E-state index contributed by atoms with van der Waals surface area (Å²) in [4.78, 5) is 0. The Kier molecular flexibility index (Phi) is 4.61. The topological polar surface area (TPSA) is 59.2 Å². The molecular formula is C14H18N2O2S. The molecule has 1 aromatic carbocycles. The van der Waals surface area contributed by atoms with Crippen molar-refractivity contribution in [2.45, 2.75) is 32.4 Å². The van der Waals surface area contributed by atoms with Gasteiger partial charge in [-0.15, -0.1) is 10.2 Å². The van der Waals surface area contributed by atoms with Gasteiger partial charge >= 0.3 is 0 Å². The Hall–Kier alpha value is -1.33. The molecule has 2 aromatic rings. The Balaban J connectivity index is 2.23. The SMILES string of the molecule is Cc1cc(C)c(-c2nnc(SCCCO)o2)c(C)c1. The molecule has 5 heteroatoms. The van der Waals surface area contributed by atoms with Crippen LogP contribution in [-0.4, -0.2) is 27.7 Å². The van der Waals surface area contributed by atoms with Crippen molar-refractivity contribution in [1.29, 1.82) is 0 Å². The first-order valence-electron chi connectivity index (χ1n) is 6.27. The van der Waals surface area contributed by atoms with Crippen LogP contribution < -0.4 is 0 Å². The van der Waals surface area contributed by atoms with E-state index in [9.17, 15) is 0 Å². The first kappa shape index (κ1) is 14.1. The minimum atomic E-state index is 0.185. The van der Waals surface area contributed by atoms with Gasteiger partial charge in [-0.1, -0.05) is 29.5 Å². The van der Waals surface area contributed by atoms with Gasteiger partial charge < -0.3 is 9.52 Å². The molecule has 0 fully saturated rings. The standard InChI is InChI=1S/C14H18N2O2S/c1-9-7-10(2)12(11(3)8-9)13-15-16-14(18-13)19-6-4-5-17/h7-8,17H,4-6H2,1-3H3. The zero-order valence-electron chi connectivity index (χ0n) is 11.4. The number of aromatic nitrogens is 2. The fourth-order valence-electron chi connectivity index (χ4n) is 2.11. The number of benzene rings is 1. The molecule has 4 nitrogen and oxygen atoms in total. The number of aliphatic hydroxyl groups is 1. The average Bonchev–Trinajstić information content (AvgIpc) is 2.76. The van der Waals surface area contributed by atoms with Crippen LogP contribution in [0.3, 0.4) is 0 Å². The molecule has 2 rings (SSSR count). The van der Waals surface area contributed by atoms with Crippen molar-refractivity contribution in [2.75, 3.05) is 12.4 Å². The summed E-state index contributed by atoms with van der Waals surface area (Å²) >= 11 is 1.48. The summed E-state index contributed by atoms with van der Waals surface area (Å²) < 4.78 is 5.68. The molecular weight excluding hydrogens is 260 g/mol. The van der Waals surface area contributed by atoms with E-state index in [4.69, 9.17) is 9.52 Å². The first-order chi connectivity index (χ1) is 9.11. The van der Waals surface area contributed by atoms with Crippen LogP contribution in [0.25, 0.3) is 11.5 Å². The highest BCUT2D eigenvalue weighted by Gasteiger charge is 2.14. The molecule has 0 saturated heterocycles. The van der Waals surface area contributed by atoms with E-state index in [0.29, 0.717) is 11.1 Å². The lowest BCUT2D eigenvalue weighted by Gasteiger charge is -2.06. The van der Waals surface area contributed by atoms with Crippen LogP contribution in [0.5, 0.6) is 0 Å². The Labute approximate surface area is 117 Å². The molecule has 0 spiro atoms. The summed E-state index contributed by atoms with van der Waals surface area (Å²) in [6, 6.07) is 4.23. The van der Waals surface area contributed by atoms with E-state index in [1.54, 1.807) is 0 Å². The summed E-state index contributed by atoms with van der Waals surface area (Å²) in [5.74, 6) is 1.35. The highest BCUT2D eigenvalue weighted by Crippen LogP contribution is 2.29. The maximum atomic E-state index is 8.75. The quantitative estimate of drug-likeness (QED) is 0.672. The van der Waals surface area contributed by atoms with Gasteiger partial charge in [-0.2, -0.15) is 0 Å². The Bertz CT molecular complexity index is 543. The molecule has 0 bridgehead atoms. The second-order valence-electron chi connectivity index (χ2n) is 4.57. The normalized spacial score (nSPS) is 10.9. The third-order valence-electron chi connectivity index (χ3n) is 2.83. The Morgan fingerprint density at radius 2 is 1.84 bits per heavy atom. The average molecular weight is 278 g/mol. The van der Waals surface area contributed by atoms with Gasteiger partial charge in [0.2, 0.25) is 5.89 Å². The molecule has 0 aliphatic rings. The summed E-state index contributed by atoms with van der Waals surface area (Å²) in [5.41, 5.74) is 4.55. The van der Waals surface area contributed by atoms with Crippen LogP contribution in [0.1, 0.15) is 23.1 Å². The lowest BCUT2D eigenvalue weighted by atomic mass is 10.00. The summed E-state index contributed by atoms with van der Waals surface area (Å²) in [7, 11) is 0. The van der Waals surface area contributed by atoms with Crippen molar-refractivity contribution in [3.8, 4) is 11.5 Å². The fraction of sp³-hybridized carbons (Fsp3) is 0.429. The molecule has 0 aliphatic carbocycles. The minimum Gasteiger partial charge on any atom is -0.411 e. The second-order valence-corrected chi connectivity index (χ2v) is 5.62. The minimum absolute atomic E-state index is 0.185. The fourth-order valence-corrected chi connectivity index (χ4v) is 2.79. The summed E-state index contributed by atoms with van der Waals surface area (Å²) in [6.07, 6.45) is 0.727. The van der Waals surface area contributed by atoms with E-state index in [1.807, 2.05) is 0 Å². The third-order valence-corrected chi connectivity index (χ3v) is 3.73.